The molecule has 2 nitrogen and oxygen atoms in total. The molecule has 0 aromatic heterocycles. The van der Waals surface area contributed by atoms with Crippen LogP contribution in [0.3, 0.4) is 0 Å². The van der Waals surface area contributed by atoms with Gasteiger partial charge in [-0.05, 0) is 31.6 Å². The van der Waals surface area contributed by atoms with Crippen molar-refractivity contribution in [2.24, 2.45) is 11.3 Å². The third-order valence-electron chi connectivity index (χ3n) is 3.75. The molecule has 20 heavy (non-hydrogen) atoms. The van der Waals surface area contributed by atoms with Crippen LogP contribution in [0.25, 0.3) is 0 Å². The highest BCUT2D eigenvalue weighted by Crippen LogP contribution is 2.20. The first-order valence-electron chi connectivity index (χ1n) is 8.06. The van der Waals surface area contributed by atoms with Crippen molar-refractivity contribution in [2.75, 3.05) is 13.1 Å². The van der Waals surface area contributed by atoms with Crippen molar-refractivity contribution >= 4 is 5.91 Å². The third-order valence-corrected chi connectivity index (χ3v) is 3.75. The van der Waals surface area contributed by atoms with Crippen LogP contribution in [-0.4, -0.2) is 23.9 Å². The molecule has 1 aliphatic rings. The van der Waals surface area contributed by atoms with Gasteiger partial charge in [0.05, 0.1) is 0 Å². The van der Waals surface area contributed by atoms with Gasteiger partial charge >= 0.3 is 0 Å². The summed E-state index contributed by atoms with van der Waals surface area (Å²) in [7, 11) is 0. The number of amides is 1. The fraction of sp³-hybridized carbons (Fsp3) is 0.722. The zero-order valence-electron chi connectivity index (χ0n) is 13.7. The van der Waals surface area contributed by atoms with Crippen LogP contribution in [0.4, 0.5) is 0 Å². The number of carbonyl (C=O) groups excluding carboxylic acids is 1. The second kappa shape index (κ2) is 8.28. The Labute approximate surface area is 124 Å². The summed E-state index contributed by atoms with van der Waals surface area (Å²) in [5.41, 5.74) is -0.283. The molecule has 0 spiro atoms. The molecule has 0 heterocycles. The predicted molar refractivity (Wildman–Crippen MR) is 86.6 cm³/mol. The Morgan fingerprint density at radius 2 is 2.10 bits per heavy atom. The minimum atomic E-state index is -0.283. The van der Waals surface area contributed by atoms with E-state index in [1.807, 2.05) is 25.7 Å². The van der Waals surface area contributed by atoms with Gasteiger partial charge in [-0.15, -0.1) is 0 Å². The standard InChI is InChI=1S/C18H31NO/c1-5-6-14-19(17(20)18(2,3)4)15-10-13-16-11-8-7-9-12-16/h7-8,10,13,16H,5-6,9,11-12,14-15H2,1-4H3/b13-10+. The van der Waals surface area contributed by atoms with Crippen molar-refractivity contribution in [3.63, 3.8) is 0 Å². The zero-order chi connectivity index (χ0) is 15.0. The fourth-order valence-electron chi connectivity index (χ4n) is 2.47. The van der Waals surface area contributed by atoms with Gasteiger partial charge in [0.25, 0.3) is 0 Å². The van der Waals surface area contributed by atoms with E-state index in [0.717, 1.165) is 32.4 Å². The summed E-state index contributed by atoms with van der Waals surface area (Å²) < 4.78 is 0. The van der Waals surface area contributed by atoms with Gasteiger partial charge in [0.2, 0.25) is 5.91 Å². The summed E-state index contributed by atoms with van der Waals surface area (Å²) in [5.74, 6) is 0.928. The molecule has 1 atom stereocenters. The number of allylic oxidation sites excluding steroid dienone is 3. The lowest BCUT2D eigenvalue weighted by Gasteiger charge is -2.28. The average molecular weight is 277 g/mol. The van der Waals surface area contributed by atoms with Crippen LogP contribution in [0.2, 0.25) is 0 Å². The van der Waals surface area contributed by atoms with Crippen molar-refractivity contribution in [3.8, 4) is 0 Å². The van der Waals surface area contributed by atoms with Crippen LogP contribution in [0.15, 0.2) is 24.3 Å². The van der Waals surface area contributed by atoms with Gasteiger partial charge in [-0.1, -0.05) is 58.4 Å². The van der Waals surface area contributed by atoms with Gasteiger partial charge < -0.3 is 4.90 Å². The van der Waals surface area contributed by atoms with E-state index in [0.29, 0.717) is 5.92 Å². The molecule has 0 radical (unpaired) electrons. The molecule has 0 N–H and O–H groups in total. The number of hydrogen-bond donors (Lipinski definition) is 0. The molecule has 1 rings (SSSR count). The van der Waals surface area contributed by atoms with Gasteiger partial charge in [0.15, 0.2) is 0 Å². The van der Waals surface area contributed by atoms with Gasteiger partial charge in [0.1, 0.15) is 0 Å². The molecule has 1 unspecified atom stereocenters. The van der Waals surface area contributed by atoms with Crippen LogP contribution >= 0.6 is 0 Å². The molecule has 1 amide bonds. The third kappa shape index (κ3) is 5.94. The summed E-state index contributed by atoms with van der Waals surface area (Å²) in [6, 6.07) is 0. The molecule has 0 aromatic rings. The number of nitrogens with zero attached hydrogens (tertiary/aromatic N) is 1. The summed E-state index contributed by atoms with van der Waals surface area (Å²) in [4.78, 5) is 14.4. The Bertz CT molecular complexity index is 349. The smallest absolute Gasteiger partial charge is 0.228 e. The molecule has 0 saturated carbocycles. The molecular weight excluding hydrogens is 246 g/mol. The first-order valence-corrected chi connectivity index (χ1v) is 8.06. The first kappa shape index (κ1) is 17.0. The first-order chi connectivity index (χ1) is 9.45. The highest BCUT2D eigenvalue weighted by molar-refractivity contribution is 5.81. The van der Waals surface area contributed by atoms with Crippen molar-refractivity contribution in [3.05, 3.63) is 24.3 Å². The van der Waals surface area contributed by atoms with E-state index in [-0.39, 0.29) is 11.3 Å². The van der Waals surface area contributed by atoms with Gasteiger partial charge in [-0.25, -0.2) is 0 Å². The van der Waals surface area contributed by atoms with Crippen molar-refractivity contribution < 1.29 is 4.79 Å². The Kier molecular flexibility index (Phi) is 7.04. The lowest BCUT2D eigenvalue weighted by molar-refractivity contribution is -0.139. The summed E-state index contributed by atoms with van der Waals surface area (Å²) in [5, 5.41) is 0. The highest BCUT2D eigenvalue weighted by Gasteiger charge is 2.26. The normalized spacial score (nSPS) is 19.5. The van der Waals surface area contributed by atoms with Gasteiger partial charge in [0, 0.05) is 18.5 Å². The van der Waals surface area contributed by atoms with Crippen LogP contribution in [0.5, 0.6) is 0 Å². The highest BCUT2D eigenvalue weighted by atomic mass is 16.2. The number of carbonyl (C=O) groups is 1. The number of rotatable bonds is 6. The van der Waals surface area contributed by atoms with Crippen LogP contribution in [-0.2, 0) is 4.79 Å². The van der Waals surface area contributed by atoms with E-state index in [1.165, 1.54) is 12.8 Å². The van der Waals surface area contributed by atoms with Crippen LogP contribution in [0.1, 0.15) is 59.8 Å². The fourth-order valence-corrected chi connectivity index (χ4v) is 2.47. The van der Waals surface area contributed by atoms with E-state index in [4.69, 9.17) is 0 Å². The zero-order valence-corrected chi connectivity index (χ0v) is 13.7. The second-order valence-electron chi connectivity index (χ2n) is 6.83. The summed E-state index contributed by atoms with van der Waals surface area (Å²) in [6.07, 6.45) is 14.8. The quantitative estimate of drug-likeness (QED) is 0.651. The summed E-state index contributed by atoms with van der Waals surface area (Å²) in [6.45, 7) is 9.82. The minimum absolute atomic E-state index is 0.263. The van der Waals surface area contributed by atoms with E-state index in [1.54, 1.807) is 0 Å². The summed E-state index contributed by atoms with van der Waals surface area (Å²) >= 11 is 0. The van der Waals surface area contributed by atoms with E-state index >= 15 is 0 Å². The number of hydrogen-bond acceptors (Lipinski definition) is 1. The maximum Gasteiger partial charge on any atom is 0.228 e. The number of unbranched alkanes of at least 4 members (excludes halogenated alkanes) is 1. The molecule has 1 aliphatic carbocycles. The van der Waals surface area contributed by atoms with Gasteiger partial charge in [-0.3, -0.25) is 4.79 Å². The van der Waals surface area contributed by atoms with E-state index < -0.39 is 0 Å². The largest absolute Gasteiger partial charge is 0.339 e. The lowest BCUT2D eigenvalue weighted by Crippen LogP contribution is -2.40. The van der Waals surface area contributed by atoms with Crippen molar-refractivity contribution in [2.45, 2.75) is 59.8 Å². The predicted octanol–water partition coefficient (Wildman–Crippen LogP) is 4.57. The maximum atomic E-state index is 12.4. The Balaban J connectivity index is 2.53. The van der Waals surface area contributed by atoms with Crippen molar-refractivity contribution in [1.82, 2.24) is 4.90 Å². The SMILES string of the molecule is CCCCN(C/C=C/C1CC=CCC1)C(=O)C(C)(C)C. The Morgan fingerprint density at radius 3 is 2.65 bits per heavy atom. The van der Waals surface area contributed by atoms with Crippen molar-refractivity contribution in [1.29, 1.82) is 0 Å². The monoisotopic (exact) mass is 277 g/mol. The average Bonchev–Trinajstić information content (AvgIpc) is 2.42. The molecule has 0 saturated heterocycles. The molecule has 2 heteroatoms. The molecule has 0 aliphatic heterocycles. The molecule has 114 valence electrons. The Hall–Kier alpha value is -1.05. The molecular formula is C18H31NO. The maximum absolute atomic E-state index is 12.4. The van der Waals surface area contributed by atoms with E-state index in [9.17, 15) is 4.79 Å². The topological polar surface area (TPSA) is 20.3 Å². The van der Waals surface area contributed by atoms with Crippen LogP contribution < -0.4 is 0 Å². The van der Waals surface area contributed by atoms with Gasteiger partial charge in [-0.2, -0.15) is 0 Å². The molecule has 0 fully saturated rings. The minimum Gasteiger partial charge on any atom is -0.339 e. The molecule has 0 bridgehead atoms. The van der Waals surface area contributed by atoms with Crippen LogP contribution in [0, 0.1) is 11.3 Å². The van der Waals surface area contributed by atoms with E-state index in [2.05, 4.69) is 31.2 Å². The lowest BCUT2D eigenvalue weighted by atomic mass is 9.93. The second-order valence-corrected chi connectivity index (χ2v) is 6.83. The Morgan fingerprint density at radius 1 is 1.35 bits per heavy atom. The molecule has 0 aromatic carbocycles.